The predicted octanol–water partition coefficient (Wildman–Crippen LogP) is 1.02. The zero-order chi connectivity index (χ0) is 19.4. The van der Waals surface area contributed by atoms with Gasteiger partial charge in [0.05, 0.1) is 7.11 Å². The molecule has 8 heteroatoms. The molecule has 0 aliphatic carbocycles. The Hall–Kier alpha value is -3.68. The van der Waals surface area contributed by atoms with Gasteiger partial charge in [0.15, 0.2) is 0 Å². The van der Waals surface area contributed by atoms with Gasteiger partial charge in [0.1, 0.15) is 23.1 Å². The third-order valence-electron chi connectivity index (χ3n) is 4.01. The highest BCUT2D eigenvalue weighted by Crippen LogP contribution is 2.23. The smallest absolute Gasteiger partial charge is 0.336 e. The van der Waals surface area contributed by atoms with E-state index in [2.05, 4.69) is 10.3 Å². The maximum Gasteiger partial charge on any atom is 0.336 e. The molecule has 3 rings (SSSR count). The van der Waals surface area contributed by atoms with E-state index in [4.69, 9.17) is 14.9 Å². The Morgan fingerprint density at radius 1 is 1.26 bits per heavy atom. The lowest BCUT2D eigenvalue weighted by Crippen LogP contribution is -2.46. The molecule has 0 aliphatic rings. The van der Waals surface area contributed by atoms with Crippen LogP contribution in [0.25, 0.3) is 11.0 Å². The molecule has 3 N–H and O–H groups in total. The lowest BCUT2D eigenvalue weighted by molar-refractivity contribution is -0.119. The van der Waals surface area contributed by atoms with E-state index in [9.17, 15) is 14.4 Å². The minimum Gasteiger partial charge on any atom is -0.497 e. The van der Waals surface area contributed by atoms with E-state index in [0.717, 1.165) is 0 Å². The number of amides is 2. The van der Waals surface area contributed by atoms with Crippen molar-refractivity contribution in [2.75, 3.05) is 7.11 Å². The average molecular weight is 367 g/mol. The molecule has 0 saturated carbocycles. The van der Waals surface area contributed by atoms with E-state index in [0.29, 0.717) is 22.3 Å². The fourth-order valence-corrected chi connectivity index (χ4v) is 2.68. The van der Waals surface area contributed by atoms with Crippen LogP contribution in [0.1, 0.15) is 16.1 Å². The first-order valence-corrected chi connectivity index (χ1v) is 8.10. The molecule has 8 nitrogen and oxygen atoms in total. The Labute approximate surface area is 154 Å². The van der Waals surface area contributed by atoms with Crippen LogP contribution in [-0.4, -0.2) is 29.9 Å². The molecular formula is C19H17N3O5. The van der Waals surface area contributed by atoms with Crippen molar-refractivity contribution in [2.45, 2.75) is 12.5 Å². The third-order valence-corrected chi connectivity index (χ3v) is 4.01. The maximum atomic E-state index is 12.3. The summed E-state index contributed by atoms with van der Waals surface area (Å²) in [6, 6.07) is 10.1. The minimum absolute atomic E-state index is 0.0301. The van der Waals surface area contributed by atoms with Gasteiger partial charge in [0.25, 0.3) is 5.91 Å². The van der Waals surface area contributed by atoms with Crippen LogP contribution in [0.15, 0.2) is 57.9 Å². The fourth-order valence-electron chi connectivity index (χ4n) is 2.68. The molecule has 0 unspecified atom stereocenters. The molecule has 2 amide bonds. The Morgan fingerprint density at radius 2 is 2.07 bits per heavy atom. The number of nitrogens with one attached hydrogen (secondary N) is 1. The number of carbonyl (C=O) groups excluding carboxylic acids is 2. The average Bonchev–Trinajstić information content (AvgIpc) is 2.67. The number of hydrogen-bond acceptors (Lipinski definition) is 6. The molecule has 0 fully saturated rings. The van der Waals surface area contributed by atoms with E-state index < -0.39 is 23.5 Å². The standard InChI is InChI=1S/C19H17N3O5/c1-26-12-5-6-13-11(9-17(23)27-16(13)10-12)8-15(18(20)24)22-19(25)14-4-2-3-7-21-14/h2-7,9-10,15H,8H2,1H3,(H2,20,24)(H,22,25)/t15-/m1/s1. The van der Waals surface area contributed by atoms with E-state index in [1.165, 1.54) is 25.4 Å². The summed E-state index contributed by atoms with van der Waals surface area (Å²) >= 11 is 0. The van der Waals surface area contributed by atoms with Crippen molar-refractivity contribution in [2.24, 2.45) is 5.73 Å². The maximum absolute atomic E-state index is 12.3. The van der Waals surface area contributed by atoms with Gasteiger partial charge in [0.2, 0.25) is 5.91 Å². The number of nitrogens with zero attached hydrogens (tertiary/aromatic N) is 1. The monoisotopic (exact) mass is 367 g/mol. The van der Waals surface area contributed by atoms with Crippen molar-refractivity contribution in [1.82, 2.24) is 10.3 Å². The number of hydrogen-bond donors (Lipinski definition) is 2. The van der Waals surface area contributed by atoms with Gasteiger partial charge >= 0.3 is 5.63 Å². The van der Waals surface area contributed by atoms with Crippen LogP contribution in [-0.2, 0) is 11.2 Å². The summed E-state index contributed by atoms with van der Waals surface area (Å²) in [5, 5.41) is 3.17. The SMILES string of the molecule is COc1ccc2c(C[C@@H](NC(=O)c3ccccn3)C(N)=O)cc(=O)oc2c1. The second kappa shape index (κ2) is 7.69. The zero-order valence-electron chi connectivity index (χ0n) is 14.5. The first-order valence-electron chi connectivity index (χ1n) is 8.10. The Kier molecular flexibility index (Phi) is 5.16. The number of methoxy groups -OCH3 is 1. The van der Waals surface area contributed by atoms with Gasteiger partial charge in [-0.2, -0.15) is 0 Å². The van der Waals surface area contributed by atoms with E-state index in [1.54, 1.807) is 30.3 Å². The normalized spacial score (nSPS) is 11.7. The zero-order valence-corrected chi connectivity index (χ0v) is 14.5. The van der Waals surface area contributed by atoms with Gasteiger partial charge in [-0.3, -0.25) is 14.6 Å². The van der Waals surface area contributed by atoms with Crippen LogP contribution >= 0.6 is 0 Å². The van der Waals surface area contributed by atoms with Crippen LogP contribution in [0.2, 0.25) is 0 Å². The first kappa shape index (κ1) is 18.1. The van der Waals surface area contributed by atoms with E-state index >= 15 is 0 Å². The van der Waals surface area contributed by atoms with Gasteiger partial charge < -0.3 is 20.2 Å². The molecule has 0 radical (unpaired) electrons. The van der Waals surface area contributed by atoms with Crippen LogP contribution in [0.5, 0.6) is 5.75 Å². The summed E-state index contributed by atoms with van der Waals surface area (Å²) in [4.78, 5) is 40.0. The molecule has 2 aromatic heterocycles. The molecule has 0 bridgehead atoms. The summed E-state index contributed by atoms with van der Waals surface area (Å²) < 4.78 is 10.3. The number of aromatic nitrogens is 1. The van der Waals surface area contributed by atoms with Crippen LogP contribution in [0, 0.1) is 0 Å². The van der Waals surface area contributed by atoms with Crippen molar-refractivity contribution >= 4 is 22.8 Å². The van der Waals surface area contributed by atoms with Crippen molar-refractivity contribution in [3.05, 3.63) is 70.3 Å². The summed E-state index contributed by atoms with van der Waals surface area (Å²) in [5.41, 5.74) is 5.86. The molecule has 1 aromatic carbocycles. The topological polar surface area (TPSA) is 125 Å². The molecular weight excluding hydrogens is 350 g/mol. The van der Waals surface area contributed by atoms with Gasteiger partial charge in [-0.05, 0) is 29.8 Å². The number of primary amides is 1. The van der Waals surface area contributed by atoms with Crippen molar-refractivity contribution < 1.29 is 18.7 Å². The number of benzene rings is 1. The lowest BCUT2D eigenvalue weighted by atomic mass is 10.0. The lowest BCUT2D eigenvalue weighted by Gasteiger charge is -2.16. The number of fused-ring (bicyclic) bond motifs is 1. The second-order valence-corrected chi connectivity index (χ2v) is 5.80. The Morgan fingerprint density at radius 3 is 2.74 bits per heavy atom. The van der Waals surface area contributed by atoms with E-state index in [-0.39, 0.29) is 12.1 Å². The number of ether oxygens (including phenoxy) is 1. The summed E-state index contributed by atoms with van der Waals surface area (Å²) in [7, 11) is 1.50. The summed E-state index contributed by atoms with van der Waals surface area (Å²) in [5.74, 6) is -0.736. The van der Waals surface area contributed by atoms with Gasteiger partial charge in [-0.15, -0.1) is 0 Å². The number of nitrogens with two attached hydrogens (primary N) is 1. The first-order chi connectivity index (χ1) is 13.0. The minimum atomic E-state index is -1.02. The molecule has 2 heterocycles. The quantitative estimate of drug-likeness (QED) is 0.627. The molecule has 3 aromatic rings. The highest BCUT2D eigenvalue weighted by Gasteiger charge is 2.22. The number of pyridine rings is 1. The Balaban J connectivity index is 1.92. The van der Waals surface area contributed by atoms with Gasteiger partial charge in [-0.25, -0.2) is 4.79 Å². The van der Waals surface area contributed by atoms with Crippen LogP contribution in [0.3, 0.4) is 0 Å². The second-order valence-electron chi connectivity index (χ2n) is 5.80. The number of rotatable bonds is 6. The van der Waals surface area contributed by atoms with Crippen molar-refractivity contribution in [3.63, 3.8) is 0 Å². The van der Waals surface area contributed by atoms with E-state index in [1.807, 2.05) is 0 Å². The fraction of sp³-hybridized carbons (Fsp3) is 0.158. The van der Waals surface area contributed by atoms with Crippen molar-refractivity contribution in [3.8, 4) is 5.75 Å². The molecule has 1 atom stereocenters. The van der Waals surface area contributed by atoms with Gasteiger partial charge in [-0.1, -0.05) is 6.07 Å². The third kappa shape index (κ3) is 4.12. The molecule has 138 valence electrons. The Bertz CT molecular complexity index is 1050. The van der Waals surface area contributed by atoms with Crippen LogP contribution in [0.4, 0.5) is 0 Å². The predicted molar refractivity (Wildman–Crippen MR) is 97.4 cm³/mol. The molecule has 0 spiro atoms. The van der Waals surface area contributed by atoms with Crippen LogP contribution < -0.4 is 21.4 Å². The molecule has 0 saturated heterocycles. The highest BCUT2D eigenvalue weighted by atomic mass is 16.5. The molecule has 27 heavy (non-hydrogen) atoms. The summed E-state index contributed by atoms with van der Waals surface area (Å²) in [6.45, 7) is 0. The molecule has 0 aliphatic heterocycles. The van der Waals surface area contributed by atoms with Crippen molar-refractivity contribution in [1.29, 1.82) is 0 Å². The summed E-state index contributed by atoms with van der Waals surface area (Å²) in [6.07, 6.45) is 1.50. The number of carbonyl (C=O) groups is 2. The van der Waals surface area contributed by atoms with Gasteiger partial charge in [0, 0.05) is 30.1 Å². The highest BCUT2D eigenvalue weighted by molar-refractivity contribution is 5.96. The largest absolute Gasteiger partial charge is 0.497 e.